The molecule has 1 saturated carbocycles. The highest BCUT2D eigenvalue weighted by molar-refractivity contribution is 4.88. The van der Waals surface area contributed by atoms with Crippen molar-refractivity contribution in [2.24, 2.45) is 11.3 Å². The lowest BCUT2D eigenvalue weighted by atomic mass is 9.70. The van der Waals surface area contributed by atoms with Gasteiger partial charge in [0, 0.05) is 12.8 Å². The summed E-state index contributed by atoms with van der Waals surface area (Å²) < 4.78 is 0. The van der Waals surface area contributed by atoms with Crippen LogP contribution < -0.4 is 0 Å². The summed E-state index contributed by atoms with van der Waals surface area (Å²) in [6.07, 6.45) is 9.04. The molecule has 0 heterocycles. The molecule has 0 bridgehead atoms. The fraction of sp³-hybridized carbons (Fsp3) is 1.00. The molecule has 0 amide bonds. The van der Waals surface area contributed by atoms with Gasteiger partial charge in [0.1, 0.15) is 0 Å². The van der Waals surface area contributed by atoms with E-state index in [1.807, 2.05) is 0 Å². The Morgan fingerprint density at radius 2 is 1.32 bits per heavy atom. The van der Waals surface area contributed by atoms with Crippen molar-refractivity contribution in [1.29, 1.82) is 0 Å². The molecule has 0 aliphatic heterocycles. The van der Waals surface area contributed by atoms with Crippen LogP contribution in [0.15, 0.2) is 0 Å². The van der Waals surface area contributed by atoms with Crippen LogP contribution in [0.4, 0.5) is 0 Å². The van der Waals surface area contributed by atoms with E-state index < -0.39 is 5.79 Å². The first kappa shape index (κ1) is 22.9. The second kappa shape index (κ2) is 10.9. The van der Waals surface area contributed by atoms with Crippen LogP contribution in [0.25, 0.3) is 0 Å². The van der Waals surface area contributed by atoms with Crippen molar-refractivity contribution in [2.75, 3.05) is 0 Å². The SMILES string of the molecule is CCCC(CC)OOC1(OOC(CC)CCC)CC(C)CC(C)(C)C1. The Balaban J connectivity index is 2.81. The Hall–Kier alpha value is -0.160. The maximum atomic E-state index is 6.01. The standard InChI is InChI=1S/C21H42O4/c1-8-12-18(10-3)22-24-21(25-23-19(11-4)13-9-2)15-17(5)14-20(6,7)16-21/h17-19H,8-16H2,1-7H3. The van der Waals surface area contributed by atoms with Gasteiger partial charge in [-0.1, -0.05) is 61.3 Å². The monoisotopic (exact) mass is 358 g/mol. The molecular formula is C21H42O4. The Morgan fingerprint density at radius 1 is 0.840 bits per heavy atom. The quantitative estimate of drug-likeness (QED) is 0.224. The van der Waals surface area contributed by atoms with Gasteiger partial charge in [-0.3, -0.25) is 0 Å². The predicted octanol–water partition coefficient (Wildman–Crippen LogP) is 6.58. The molecule has 0 spiro atoms. The van der Waals surface area contributed by atoms with Crippen molar-refractivity contribution < 1.29 is 19.6 Å². The van der Waals surface area contributed by atoms with E-state index in [1.54, 1.807) is 0 Å². The van der Waals surface area contributed by atoms with Gasteiger partial charge in [0.2, 0.25) is 5.79 Å². The molecule has 4 heteroatoms. The molecule has 0 aromatic carbocycles. The van der Waals surface area contributed by atoms with Crippen LogP contribution in [0.1, 0.15) is 106 Å². The molecule has 1 fully saturated rings. The maximum Gasteiger partial charge on any atom is 0.234 e. The fourth-order valence-electron chi connectivity index (χ4n) is 4.16. The molecule has 0 radical (unpaired) electrons. The van der Waals surface area contributed by atoms with Crippen molar-refractivity contribution >= 4 is 0 Å². The Bertz CT molecular complexity index is 338. The van der Waals surface area contributed by atoms with Crippen molar-refractivity contribution in [1.82, 2.24) is 0 Å². The first-order valence-electron chi connectivity index (χ1n) is 10.5. The molecule has 3 atom stereocenters. The molecule has 150 valence electrons. The van der Waals surface area contributed by atoms with Gasteiger partial charge < -0.3 is 0 Å². The van der Waals surface area contributed by atoms with Gasteiger partial charge >= 0.3 is 0 Å². The van der Waals surface area contributed by atoms with Crippen LogP contribution in [0.2, 0.25) is 0 Å². The van der Waals surface area contributed by atoms with E-state index in [9.17, 15) is 0 Å². The smallest absolute Gasteiger partial charge is 0.230 e. The molecule has 0 aromatic rings. The molecule has 0 saturated heterocycles. The molecule has 25 heavy (non-hydrogen) atoms. The van der Waals surface area contributed by atoms with E-state index in [0.29, 0.717) is 5.92 Å². The Labute approximate surface area is 155 Å². The van der Waals surface area contributed by atoms with Crippen LogP contribution in [0.3, 0.4) is 0 Å². The third kappa shape index (κ3) is 7.94. The van der Waals surface area contributed by atoms with Gasteiger partial charge in [0.05, 0.1) is 12.2 Å². The zero-order valence-electron chi connectivity index (χ0n) is 17.7. The summed E-state index contributed by atoms with van der Waals surface area (Å²) in [4.78, 5) is 23.7. The molecule has 3 unspecified atom stereocenters. The third-order valence-electron chi connectivity index (χ3n) is 5.11. The summed E-state index contributed by atoms with van der Waals surface area (Å²) in [5.41, 5.74) is 0.142. The third-order valence-corrected chi connectivity index (χ3v) is 5.11. The lowest BCUT2D eigenvalue weighted by Gasteiger charge is -2.45. The van der Waals surface area contributed by atoms with Gasteiger partial charge in [0.15, 0.2) is 0 Å². The first-order chi connectivity index (χ1) is 11.8. The minimum Gasteiger partial charge on any atom is -0.230 e. The van der Waals surface area contributed by atoms with E-state index in [2.05, 4.69) is 48.5 Å². The largest absolute Gasteiger partial charge is 0.234 e. The van der Waals surface area contributed by atoms with Crippen LogP contribution in [-0.2, 0) is 19.6 Å². The minimum absolute atomic E-state index is 0.114. The second-order valence-electron chi connectivity index (χ2n) is 8.76. The van der Waals surface area contributed by atoms with Crippen LogP contribution in [0, 0.1) is 11.3 Å². The summed E-state index contributed by atoms with van der Waals surface area (Å²) in [5.74, 6) is -0.294. The first-order valence-corrected chi connectivity index (χ1v) is 10.5. The van der Waals surface area contributed by atoms with Crippen molar-refractivity contribution in [2.45, 2.75) is 124 Å². The summed E-state index contributed by atoms with van der Waals surface area (Å²) in [7, 11) is 0. The maximum absolute atomic E-state index is 6.01. The zero-order chi connectivity index (χ0) is 18.9. The molecule has 1 rings (SSSR count). The summed E-state index contributed by atoms with van der Waals surface area (Å²) in [6.45, 7) is 15.4. The van der Waals surface area contributed by atoms with Crippen LogP contribution in [0.5, 0.6) is 0 Å². The number of hydrogen-bond donors (Lipinski definition) is 0. The minimum atomic E-state index is -0.802. The fourth-order valence-corrected chi connectivity index (χ4v) is 4.16. The Morgan fingerprint density at radius 3 is 1.68 bits per heavy atom. The van der Waals surface area contributed by atoms with Gasteiger partial charge in [-0.05, 0) is 43.4 Å². The second-order valence-corrected chi connectivity index (χ2v) is 8.76. The summed E-state index contributed by atoms with van der Waals surface area (Å²) in [5, 5.41) is 0. The molecule has 0 aromatic heterocycles. The highest BCUT2D eigenvalue weighted by Crippen LogP contribution is 2.47. The van der Waals surface area contributed by atoms with Crippen molar-refractivity contribution in [3.63, 3.8) is 0 Å². The summed E-state index contributed by atoms with van der Waals surface area (Å²) in [6, 6.07) is 0. The average Bonchev–Trinajstić information content (AvgIpc) is 2.53. The van der Waals surface area contributed by atoms with Gasteiger partial charge in [-0.2, -0.15) is 9.78 Å². The molecule has 0 N–H and O–H groups in total. The lowest BCUT2D eigenvalue weighted by molar-refractivity contribution is -0.538. The highest BCUT2D eigenvalue weighted by Gasteiger charge is 2.48. The van der Waals surface area contributed by atoms with E-state index in [4.69, 9.17) is 19.6 Å². The molecular weight excluding hydrogens is 316 g/mol. The number of hydrogen-bond acceptors (Lipinski definition) is 4. The van der Waals surface area contributed by atoms with Crippen molar-refractivity contribution in [3.05, 3.63) is 0 Å². The zero-order valence-corrected chi connectivity index (χ0v) is 17.7. The van der Waals surface area contributed by atoms with E-state index in [1.165, 1.54) is 6.42 Å². The van der Waals surface area contributed by atoms with Gasteiger partial charge in [-0.25, -0.2) is 9.78 Å². The van der Waals surface area contributed by atoms with Crippen molar-refractivity contribution in [3.8, 4) is 0 Å². The molecule has 1 aliphatic rings. The number of rotatable bonds is 12. The van der Waals surface area contributed by atoms with Crippen LogP contribution >= 0.6 is 0 Å². The average molecular weight is 359 g/mol. The van der Waals surface area contributed by atoms with E-state index >= 15 is 0 Å². The molecule has 1 aliphatic carbocycles. The van der Waals surface area contributed by atoms with Gasteiger partial charge in [0.25, 0.3) is 0 Å². The topological polar surface area (TPSA) is 36.9 Å². The Kier molecular flexibility index (Phi) is 9.94. The van der Waals surface area contributed by atoms with Crippen LogP contribution in [-0.4, -0.2) is 18.0 Å². The highest BCUT2D eigenvalue weighted by atomic mass is 17.3. The predicted molar refractivity (Wildman–Crippen MR) is 102 cm³/mol. The van der Waals surface area contributed by atoms with E-state index in [0.717, 1.165) is 51.4 Å². The van der Waals surface area contributed by atoms with E-state index in [-0.39, 0.29) is 17.6 Å². The molecule has 4 nitrogen and oxygen atoms in total. The summed E-state index contributed by atoms with van der Waals surface area (Å²) >= 11 is 0. The normalized spacial score (nSPS) is 28.7. The lowest BCUT2D eigenvalue weighted by Crippen LogP contribution is -2.47. The van der Waals surface area contributed by atoms with Gasteiger partial charge in [-0.15, -0.1) is 0 Å².